The van der Waals surface area contributed by atoms with Gasteiger partial charge in [-0.25, -0.2) is 13.2 Å². The number of likely N-dealkylation sites (tertiary alicyclic amines) is 1. The number of hydrogen-bond donors (Lipinski definition) is 1. The normalized spacial score (nSPS) is 25.0. The van der Waals surface area contributed by atoms with E-state index in [4.69, 9.17) is 4.74 Å². The number of rotatable bonds is 7. The first-order chi connectivity index (χ1) is 15.5. The monoisotopic (exact) mass is 466 g/mol. The van der Waals surface area contributed by atoms with E-state index in [1.54, 1.807) is 36.4 Å². The van der Waals surface area contributed by atoms with E-state index < -0.39 is 17.8 Å². The first-order valence-electron chi connectivity index (χ1n) is 10.8. The number of nitrogens with zero attached hydrogens (tertiary/aromatic N) is 1. The minimum absolute atomic E-state index is 0.0648. The lowest BCUT2D eigenvalue weighted by Gasteiger charge is -2.26. The number of carbonyl (C=O) groups excluding carboxylic acids is 1. The molecule has 0 saturated carbocycles. The van der Waals surface area contributed by atoms with E-state index in [1.807, 2.05) is 18.9 Å². The number of benzene rings is 2. The van der Waals surface area contributed by atoms with Crippen molar-refractivity contribution in [2.24, 2.45) is 0 Å². The molecule has 4 rings (SSSR count). The maximum atomic E-state index is 15.1. The van der Waals surface area contributed by atoms with Gasteiger partial charge in [0.05, 0.1) is 12.6 Å². The van der Waals surface area contributed by atoms with Crippen LogP contribution in [0, 0.1) is 11.6 Å². The number of likely N-dealkylation sites (N-methyl/N-ethyl adjacent to an activating group) is 1. The molecule has 0 amide bonds. The fourth-order valence-electron chi connectivity index (χ4n) is 3.87. The summed E-state index contributed by atoms with van der Waals surface area (Å²) in [6.45, 7) is 3.08. The lowest BCUT2D eigenvalue weighted by Crippen LogP contribution is -2.43. The van der Waals surface area contributed by atoms with Gasteiger partial charge in [-0.2, -0.15) is 0 Å². The molecule has 4 unspecified atom stereocenters. The Morgan fingerprint density at radius 1 is 1.19 bits per heavy atom. The summed E-state index contributed by atoms with van der Waals surface area (Å²) in [5.74, 6) is -0.0593. The maximum Gasteiger partial charge on any atom is 0.148 e. The molecule has 0 radical (unpaired) electrons. The van der Waals surface area contributed by atoms with Crippen molar-refractivity contribution in [1.82, 2.24) is 9.62 Å². The number of carbonyl (C=O) groups is 1. The van der Waals surface area contributed by atoms with Crippen LogP contribution < -0.4 is 4.72 Å². The number of nitrogens with one attached hydrogen (secondary N) is 1. The van der Waals surface area contributed by atoms with Gasteiger partial charge in [0, 0.05) is 35.9 Å². The molecule has 8 heteroatoms. The first-order valence-corrected chi connectivity index (χ1v) is 11.8. The van der Waals surface area contributed by atoms with Gasteiger partial charge in [0.25, 0.3) is 0 Å². The second kappa shape index (κ2) is 11.8. The zero-order valence-corrected chi connectivity index (χ0v) is 19.1. The van der Waals surface area contributed by atoms with Crippen molar-refractivity contribution in [2.45, 2.75) is 44.1 Å². The van der Waals surface area contributed by atoms with Gasteiger partial charge in [0.1, 0.15) is 30.2 Å². The Bertz CT molecular complexity index is 897. The highest BCUT2D eigenvalue weighted by Gasteiger charge is 2.40. The van der Waals surface area contributed by atoms with Gasteiger partial charge < -0.3 is 9.53 Å². The van der Waals surface area contributed by atoms with Gasteiger partial charge >= 0.3 is 0 Å². The Hall–Kier alpha value is -1.87. The summed E-state index contributed by atoms with van der Waals surface area (Å²) in [4.78, 5) is 11.6. The molecule has 2 aliphatic heterocycles. The van der Waals surface area contributed by atoms with Gasteiger partial charge in [-0.3, -0.25) is 9.62 Å². The average Bonchev–Trinajstić information content (AvgIpc) is 3.00. The molecule has 174 valence electrons. The third-order valence-electron chi connectivity index (χ3n) is 5.75. The zero-order valence-electron chi connectivity index (χ0n) is 18.3. The van der Waals surface area contributed by atoms with Crippen LogP contribution >= 0.6 is 11.9 Å². The predicted octanol–water partition coefficient (Wildman–Crippen LogP) is 4.43. The van der Waals surface area contributed by atoms with Crippen LogP contribution in [0.3, 0.4) is 0 Å². The van der Waals surface area contributed by atoms with Crippen molar-refractivity contribution >= 4 is 18.2 Å². The van der Waals surface area contributed by atoms with Crippen LogP contribution in [-0.2, 0) is 16.0 Å². The Morgan fingerprint density at radius 2 is 1.91 bits per heavy atom. The number of halogens is 3. The van der Waals surface area contributed by atoms with Crippen molar-refractivity contribution in [2.75, 3.05) is 26.0 Å². The Morgan fingerprint density at radius 3 is 2.50 bits per heavy atom. The maximum absolute atomic E-state index is 15.1. The van der Waals surface area contributed by atoms with Gasteiger partial charge in [-0.15, -0.1) is 0 Å². The molecule has 0 bridgehead atoms. The van der Waals surface area contributed by atoms with Crippen LogP contribution in [0.5, 0.6) is 0 Å². The fraction of sp³-hybridized carbons (Fsp3) is 0.458. The van der Waals surface area contributed by atoms with Crippen LogP contribution in [-0.4, -0.2) is 61.5 Å². The highest BCUT2D eigenvalue weighted by atomic mass is 32.2. The molecule has 1 N–H and O–H groups in total. The van der Waals surface area contributed by atoms with Crippen LogP contribution in [0.4, 0.5) is 13.2 Å². The molecule has 2 saturated heterocycles. The molecule has 2 heterocycles. The summed E-state index contributed by atoms with van der Waals surface area (Å²) in [5.41, 5.74) is 0.960. The molecule has 0 spiro atoms. The second-order valence-corrected chi connectivity index (χ2v) is 9.00. The van der Waals surface area contributed by atoms with Crippen molar-refractivity contribution in [3.05, 3.63) is 59.7 Å². The standard InChI is InChI=1S/C20H23F3N2S.C4H6O2/c1-3-26-24-20-17(22)12-25(2)18(20)11-13-7-6-9-15(19(13)23)14-8-4-5-10-16(14)21;5-3-4-1-2-6-4/h4-10,17-18,20,24H,3,11-12H2,1-2H3;3-4H,1-2H2. The third kappa shape index (κ3) is 5.92. The number of hydrogen-bond acceptors (Lipinski definition) is 5. The van der Waals surface area contributed by atoms with E-state index in [-0.39, 0.29) is 29.3 Å². The second-order valence-electron chi connectivity index (χ2n) is 7.90. The molecular weight excluding hydrogens is 437 g/mol. The highest BCUT2D eigenvalue weighted by molar-refractivity contribution is 7.97. The molecule has 0 aliphatic carbocycles. The van der Waals surface area contributed by atoms with Crippen LogP contribution in [0.1, 0.15) is 18.9 Å². The van der Waals surface area contributed by atoms with Crippen molar-refractivity contribution in [3.63, 3.8) is 0 Å². The quantitative estimate of drug-likeness (QED) is 0.483. The largest absolute Gasteiger partial charge is 0.371 e. The molecule has 2 aromatic carbocycles. The number of alkyl halides is 1. The van der Waals surface area contributed by atoms with Gasteiger partial charge in [0.15, 0.2) is 0 Å². The zero-order chi connectivity index (χ0) is 23.1. The lowest BCUT2D eigenvalue weighted by molar-refractivity contribution is -0.129. The molecule has 32 heavy (non-hydrogen) atoms. The lowest BCUT2D eigenvalue weighted by atomic mass is 9.95. The Balaban J connectivity index is 0.000000416. The topological polar surface area (TPSA) is 41.6 Å². The highest BCUT2D eigenvalue weighted by Crippen LogP contribution is 2.30. The third-order valence-corrected chi connectivity index (χ3v) is 6.48. The SMILES string of the molecule is CCSNC1C(F)CN(C)C1Cc1cccc(-c2ccccc2F)c1F.O=CC1CCO1. The predicted molar refractivity (Wildman–Crippen MR) is 122 cm³/mol. The molecule has 2 aromatic rings. The summed E-state index contributed by atoms with van der Waals surface area (Å²) >= 11 is 1.47. The van der Waals surface area contributed by atoms with E-state index in [9.17, 15) is 13.6 Å². The molecule has 2 aliphatic rings. The van der Waals surface area contributed by atoms with Crippen LogP contribution in [0.25, 0.3) is 11.1 Å². The molecule has 2 fully saturated rings. The van der Waals surface area contributed by atoms with E-state index in [0.717, 1.165) is 25.1 Å². The number of aldehydes is 1. The minimum Gasteiger partial charge on any atom is -0.371 e. The number of ether oxygens (including phenoxy) is 1. The van der Waals surface area contributed by atoms with Crippen molar-refractivity contribution in [1.29, 1.82) is 0 Å². The molecular formula is C24H29F3N2O2S. The van der Waals surface area contributed by atoms with E-state index >= 15 is 4.39 Å². The molecule has 0 aromatic heterocycles. The van der Waals surface area contributed by atoms with Crippen LogP contribution in [0.2, 0.25) is 0 Å². The van der Waals surface area contributed by atoms with Gasteiger partial charge in [0.2, 0.25) is 0 Å². The minimum atomic E-state index is -0.998. The van der Waals surface area contributed by atoms with Crippen LogP contribution in [0.15, 0.2) is 42.5 Å². The molecule has 4 atom stereocenters. The fourth-order valence-corrected chi connectivity index (χ4v) is 4.53. The summed E-state index contributed by atoms with van der Waals surface area (Å²) in [7, 11) is 1.86. The van der Waals surface area contributed by atoms with Crippen molar-refractivity contribution < 1.29 is 22.7 Å². The summed E-state index contributed by atoms with van der Waals surface area (Å²) in [6, 6.07) is 10.6. The summed E-state index contributed by atoms with van der Waals surface area (Å²) < 4.78 is 51.4. The average molecular weight is 467 g/mol. The summed E-state index contributed by atoms with van der Waals surface area (Å²) in [6.07, 6.45) is 1.06. The van der Waals surface area contributed by atoms with Gasteiger partial charge in [-0.05, 0) is 25.1 Å². The molecule has 4 nitrogen and oxygen atoms in total. The summed E-state index contributed by atoms with van der Waals surface area (Å²) in [5, 5.41) is 0. The Labute approximate surface area is 191 Å². The van der Waals surface area contributed by atoms with E-state index in [1.165, 1.54) is 18.0 Å². The smallest absolute Gasteiger partial charge is 0.148 e. The Kier molecular flexibility index (Phi) is 9.16. The van der Waals surface area contributed by atoms with Crippen molar-refractivity contribution in [3.8, 4) is 11.1 Å². The van der Waals surface area contributed by atoms with E-state index in [0.29, 0.717) is 18.5 Å². The van der Waals surface area contributed by atoms with E-state index in [2.05, 4.69) is 4.72 Å². The van der Waals surface area contributed by atoms with Gasteiger partial charge in [-0.1, -0.05) is 55.3 Å². The first kappa shape index (κ1) is 24.8.